The van der Waals surface area contributed by atoms with Gasteiger partial charge in [0.1, 0.15) is 12.4 Å². The van der Waals surface area contributed by atoms with Crippen molar-refractivity contribution in [2.24, 2.45) is 0 Å². The molecule has 21 heavy (non-hydrogen) atoms. The number of hydrogen-bond acceptors (Lipinski definition) is 4. The fourth-order valence-corrected chi connectivity index (χ4v) is 1.96. The Kier molecular flexibility index (Phi) is 4.82. The monoisotopic (exact) mass is 285 g/mol. The number of carbonyl (C=O) groups excluding carboxylic acids is 1. The van der Waals surface area contributed by atoms with Crippen molar-refractivity contribution in [2.75, 3.05) is 12.8 Å². The third-order valence-electron chi connectivity index (χ3n) is 3.26. The molecule has 0 spiro atoms. The van der Waals surface area contributed by atoms with Gasteiger partial charge in [-0.2, -0.15) is 0 Å². The Labute approximate surface area is 124 Å². The zero-order valence-electron chi connectivity index (χ0n) is 12.3. The largest absolute Gasteiger partial charge is 0.487 e. The van der Waals surface area contributed by atoms with Gasteiger partial charge in [-0.15, -0.1) is 0 Å². The minimum atomic E-state index is -0.414. The summed E-state index contributed by atoms with van der Waals surface area (Å²) in [6.07, 6.45) is 1.02. The molecule has 0 aromatic heterocycles. The standard InChI is InChI=1S/C17H19NO3/c1-3-12-4-6-13(7-5-12)11-21-16-9-8-14(10-15(16)18)17(19)20-2/h4-10H,3,11,18H2,1-2H3. The number of nitrogens with two attached hydrogens (primary N) is 1. The molecule has 2 rings (SSSR count). The fourth-order valence-electron chi connectivity index (χ4n) is 1.96. The summed E-state index contributed by atoms with van der Waals surface area (Å²) >= 11 is 0. The van der Waals surface area contributed by atoms with Gasteiger partial charge in [-0.05, 0) is 35.7 Å². The third-order valence-corrected chi connectivity index (χ3v) is 3.26. The first kappa shape index (κ1) is 14.9. The second kappa shape index (κ2) is 6.79. The lowest BCUT2D eigenvalue weighted by Crippen LogP contribution is -2.04. The van der Waals surface area contributed by atoms with Crippen LogP contribution in [-0.2, 0) is 17.8 Å². The molecule has 0 heterocycles. The summed E-state index contributed by atoms with van der Waals surface area (Å²) in [6.45, 7) is 2.56. The predicted octanol–water partition coefficient (Wildman–Crippen LogP) is 3.20. The maximum Gasteiger partial charge on any atom is 0.337 e. The number of ether oxygens (including phenoxy) is 2. The molecule has 0 saturated heterocycles. The van der Waals surface area contributed by atoms with Crippen molar-refractivity contribution in [3.05, 3.63) is 59.2 Å². The smallest absolute Gasteiger partial charge is 0.337 e. The summed E-state index contributed by atoms with van der Waals surface area (Å²) in [5.41, 5.74) is 9.09. The molecule has 0 aliphatic heterocycles. The van der Waals surface area contributed by atoms with Crippen LogP contribution in [0.2, 0.25) is 0 Å². The number of benzene rings is 2. The number of rotatable bonds is 5. The van der Waals surface area contributed by atoms with E-state index in [2.05, 4.69) is 23.8 Å². The Hall–Kier alpha value is -2.49. The molecule has 0 atom stereocenters. The number of nitrogen functional groups attached to an aromatic ring is 1. The first-order chi connectivity index (χ1) is 10.1. The fraction of sp³-hybridized carbons (Fsp3) is 0.235. The van der Waals surface area contributed by atoms with Crippen LogP contribution < -0.4 is 10.5 Å². The molecule has 0 unspecified atom stereocenters. The molecule has 0 aliphatic carbocycles. The van der Waals surface area contributed by atoms with E-state index in [1.807, 2.05) is 12.1 Å². The summed E-state index contributed by atoms with van der Waals surface area (Å²) in [6, 6.07) is 13.1. The topological polar surface area (TPSA) is 61.5 Å². The van der Waals surface area contributed by atoms with Crippen molar-refractivity contribution in [1.82, 2.24) is 0 Å². The molecule has 0 fully saturated rings. The quantitative estimate of drug-likeness (QED) is 0.677. The van der Waals surface area contributed by atoms with E-state index in [1.165, 1.54) is 12.7 Å². The van der Waals surface area contributed by atoms with E-state index in [0.717, 1.165) is 12.0 Å². The molecule has 2 N–H and O–H groups in total. The van der Waals surface area contributed by atoms with Crippen LogP contribution in [0.4, 0.5) is 5.69 Å². The second-order valence-corrected chi connectivity index (χ2v) is 4.70. The average Bonchev–Trinajstić information content (AvgIpc) is 2.53. The molecule has 110 valence electrons. The second-order valence-electron chi connectivity index (χ2n) is 4.70. The Bertz CT molecular complexity index is 620. The van der Waals surface area contributed by atoms with Gasteiger partial charge in [0.05, 0.1) is 18.4 Å². The van der Waals surface area contributed by atoms with Crippen LogP contribution in [0, 0.1) is 0 Å². The van der Waals surface area contributed by atoms with Crippen LogP contribution in [0.25, 0.3) is 0 Å². The lowest BCUT2D eigenvalue weighted by atomic mass is 10.1. The van der Waals surface area contributed by atoms with Gasteiger partial charge < -0.3 is 15.2 Å². The number of anilines is 1. The Balaban J connectivity index is 2.04. The first-order valence-corrected chi connectivity index (χ1v) is 6.82. The molecule has 2 aromatic carbocycles. The third kappa shape index (κ3) is 3.75. The first-order valence-electron chi connectivity index (χ1n) is 6.82. The highest BCUT2D eigenvalue weighted by molar-refractivity contribution is 5.90. The van der Waals surface area contributed by atoms with Gasteiger partial charge in [0.15, 0.2) is 0 Å². The lowest BCUT2D eigenvalue weighted by Gasteiger charge is -2.10. The Morgan fingerprint density at radius 3 is 2.33 bits per heavy atom. The number of esters is 1. The minimum Gasteiger partial charge on any atom is -0.487 e. The van der Waals surface area contributed by atoms with Crippen molar-refractivity contribution >= 4 is 11.7 Å². The van der Waals surface area contributed by atoms with E-state index in [-0.39, 0.29) is 0 Å². The normalized spacial score (nSPS) is 10.2. The maximum absolute atomic E-state index is 11.4. The van der Waals surface area contributed by atoms with Gasteiger partial charge in [-0.25, -0.2) is 4.79 Å². The highest BCUT2D eigenvalue weighted by Crippen LogP contribution is 2.24. The zero-order chi connectivity index (χ0) is 15.2. The van der Waals surface area contributed by atoms with E-state index in [0.29, 0.717) is 23.6 Å². The predicted molar refractivity (Wildman–Crippen MR) is 82.3 cm³/mol. The van der Waals surface area contributed by atoms with E-state index in [4.69, 9.17) is 10.5 Å². The molecule has 2 aromatic rings. The van der Waals surface area contributed by atoms with Crippen molar-refractivity contribution in [1.29, 1.82) is 0 Å². The van der Waals surface area contributed by atoms with E-state index < -0.39 is 5.97 Å². The van der Waals surface area contributed by atoms with Crippen molar-refractivity contribution in [2.45, 2.75) is 20.0 Å². The van der Waals surface area contributed by atoms with Gasteiger partial charge in [0.2, 0.25) is 0 Å². The van der Waals surface area contributed by atoms with Crippen molar-refractivity contribution in [3.8, 4) is 5.75 Å². The van der Waals surface area contributed by atoms with Gasteiger partial charge >= 0.3 is 5.97 Å². The van der Waals surface area contributed by atoms with E-state index in [1.54, 1.807) is 18.2 Å². The van der Waals surface area contributed by atoms with Crippen LogP contribution in [-0.4, -0.2) is 13.1 Å². The molecule has 0 amide bonds. The van der Waals surface area contributed by atoms with Gasteiger partial charge in [-0.3, -0.25) is 0 Å². The zero-order valence-corrected chi connectivity index (χ0v) is 12.3. The number of aryl methyl sites for hydroxylation is 1. The molecule has 4 nitrogen and oxygen atoms in total. The summed E-state index contributed by atoms with van der Waals surface area (Å²) in [4.78, 5) is 11.4. The van der Waals surface area contributed by atoms with Gasteiger partial charge in [0, 0.05) is 0 Å². The number of hydrogen-bond donors (Lipinski definition) is 1. The van der Waals surface area contributed by atoms with Crippen LogP contribution in [0.1, 0.15) is 28.4 Å². The minimum absolute atomic E-state index is 0.412. The summed E-state index contributed by atoms with van der Waals surface area (Å²) in [5, 5.41) is 0. The Morgan fingerprint density at radius 2 is 1.76 bits per heavy atom. The van der Waals surface area contributed by atoms with Gasteiger partial charge in [-0.1, -0.05) is 31.2 Å². The van der Waals surface area contributed by atoms with Gasteiger partial charge in [0.25, 0.3) is 0 Å². The molecular formula is C17H19NO3. The number of carbonyl (C=O) groups is 1. The highest BCUT2D eigenvalue weighted by Gasteiger charge is 2.08. The van der Waals surface area contributed by atoms with Crippen LogP contribution >= 0.6 is 0 Å². The highest BCUT2D eigenvalue weighted by atomic mass is 16.5. The number of methoxy groups -OCH3 is 1. The summed E-state index contributed by atoms with van der Waals surface area (Å²) in [5.74, 6) is 0.144. The lowest BCUT2D eigenvalue weighted by molar-refractivity contribution is 0.0600. The SMILES string of the molecule is CCc1ccc(COc2ccc(C(=O)OC)cc2N)cc1. The molecule has 0 aliphatic rings. The summed E-state index contributed by atoms with van der Waals surface area (Å²) in [7, 11) is 1.34. The maximum atomic E-state index is 11.4. The average molecular weight is 285 g/mol. The molecule has 0 bridgehead atoms. The Morgan fingerprint density at radius 1 is 1.10 bits per heavy atom. The summed E-state index contributed by atoms with van der Waals surface area (Å²) < 4.78 is 10.3. The van der Waals surface area contributed by atoms with Crippen molar-refractivity contribution in [3.63, 3.8) is 0 Å². The molecule has 0 radical (unpaired) electrons. The van der Waals surface area contributed by atoms with E-state index in [9.17, 15) is 4.79 Å². The van der Waals surface area contributed by atoms with Crippen LogP contribution in [0.15, 0.2) is 42.5 Å². The van der Waals surface area contributed by atoms with Crippen LogP contribution in [0.3, 0.4) is 0 Å². The van der Waals surface area contributed by atoms with Crippen molar-refractivity contribution < 1.29 is 14.3 Å². The molecule has 0 saturated carbocycles. The van der Waals surface area contributed by atoms with Crippen LogP contribution in [0.5, 0.6) is 5.75 Å². The molecule has 4 heteroatoms. The molecular weight excluding hydrogens is 266 g/mol. The van der Waals surface area contributed by atoms with E-state index >= 15 is 0 Å².